The Labute approximate surface area is 291 Å². The average Bonchev–Trinajstić information content (AvgIpc) is 3.90. The van der Waals surface area contributed by atoms with Crippen LogP contribution in [0.15, 0.2) is 48.9 Å². The molecular formula is C35H39N7O5S2. The van der Waals surface area contributed by atoms with Crippen LogP contribution in [0.5, 0.6) is 0 Å². The predicted molar refractivity (Wildman–Crippen MR) is 190 cm³/mol. The number of ether oxygens (including phenoxy) is 2. The van der Waals surface area contributed by atoms with Crippen LogP contribution in [0.1, 0.15) is 70.2 Å². The minimum Gasteiger partial charge on any atom is -0.453 e. The van der Waals surface area contributed by atoms with E-state index in [4.69, 9.17) is 14.5 Å². The topological polar surface area (TPSA) is 146 Å². The van der Waals surface area contributed by atoms with E-state index < -0.39 is 12.1 Å². The number of amides is 3. The van der Waals surface area contributed by atoms with E-state index in [0.29, 0.717) is 18.8 Å². The molecule has 2 fully saturated rings. The molecule has 0 aliphatic carbocycles. The highest BCUT2D eigenvalue weighted by atomic mass is 32.1. The molecule has 0 radical (unpaired) electrons. The lowest BCUT2D eigenvalue weighted by molar-refractivity contribution is -0.135. The molecule has 5 aromatic rings. The molecule has 0 spiro atoms. The number of nitrogens with one attached hydrogen (secondary N) is 3. The van der Waals surface area contributed by atoms with Crippen molar-refractivity contribution < 1.29 is 23.9 Å². The highest BCUT2D eigenvalue weighted by Crippen LogP contribution is 2.43. The molecule has 256 valence electrons. The second-order valence-corrected chi connectivity index (χ2v) is 15.1. The van der Waals surface area contributed by atoms with Crippen LogP contribution in [0.25, 0.3) is 41.4 Å². The zero-order valence-corrected chi connectivity index (χ0v) is 29.5. The number of imidazole rings is 2. The summed E-state index contributed by atoms with van der Waals surface area (Å²) in [5.74, 6) is 1.67. The number of thiophene rings is 2. The molecule has 1 aromatic carbocycles. The van der Waals surface area contributed by atoms with Crippen LogP contribution in [-0.4, -0.2) is 74.1 Å². The van der Waals surface area contributed by atoms with Crippen LogP contribution in [0, 0.1) is 5.92 Å². The minimum absolute atomic E-state index is 0.0956. The molecule has 12 nitrogen and oxygen atoms in total. The van der Waals surface area contributed by atoms with Crippen molar-refractivity contribution in [3.63, 3.8) is 0 Å². The van der Waals surface area contributed by atoms with E-state index in [0.717, 1.165) is 69.4 Å². The monoisotopic (exact) mass is 701 g/mol. The Morgan fingerprint density at radius 1 is 0.980 bits per heavy atom. The number of alkyl carbamates (subject to hydrolysis) is 1. The number of H-pyrrole nitrogens is 2. The third-order valence-corrected chi connectivity index (χ3v) is 11.5. The maximum Gasteiger partial charge on any atom is 0.415 e. The van der Waals surface area contributed by atoms with E-state index >= 15 is 0 Å². The van der Waals surface area contributed by atoms with Gasteiger partial charge in [-0.05, 0) is 68.4 Å². The molecule has 2 saturated heterocycles. The lowest BCUT2D eigenvalue weighted by Crippen LogP contribution is -2.51. The van der Waals surface area contributed by atoms with Crippen LogP contribution in [0.4, 0.5) is 9.59 Å². The Morgan fingerprint density at radius 2 is 1.67 bits per heavy atom. The molecule has 0 unspecified atom stereocenters. The largest absolute Gasteiger partial charge is 0.453 e. The van der Waals surface area contributed by atoms with E-state index in [2.05, 4.69) is 51.1 Å². The van der Waals surface area contributed by atoms with Crippen LogP contribution >= 0.6 is 22.7 Å². The van der Waals surface area contributed by atoms with E-state index in [1.54, 1.807) is 34.5 Å². The summed E-state index contributed by atoms with van der Waals surface area (Å²) in [7, 11) is 1.30. The number of benzene rings is 1. The zero-order chi connectivity index (χ0) is 34.4. The first kappa shape index (κ1) is 32.8. The van der Waals surface area contributed by atoms with Crippen molar-refractivity contribution in [3.05, 3.63) is 60.5 Å². The number of fused-ring (bicyclic) bond motifs is 2. The second kappa shape index (κ2) is 13.3. The van der Waals surface area contributed by atoms with Crippen molar-refractivity contribution in [1.29, 1.82) is 0 Å². The molecule has 4 aromatic heterocycles. The number of allylic oxidation sites excluding steroid dienone is 1. The molecule has 2 aliphatic heterocycles. The van der Waals surface area contributed by atoms with Crippen molar-refractivity contribution in [2.45, 2.75) is 64.6 Å². The second-order valence-electron chi connectivity index (χ2n) is 13.0. The number of nitrogens with zero attached hydrogens (tertiary/aromatic N) is 4. The van der Waals surface area contributed by atoms with Gasteiger partial charge in [0.05, 0.1) is 52.8 Å². The smallest absolute Gasteiger partial charge is 0.415 e. The van der Waals surface area contributed by atoms with Crippen molar-refractivity contribution in [2.75, 3.05) is 20.2 Å². The maximum absolute atomic E-state index is 13.6. The fourth-order valence-corrected chi connectivity index (χ4v) is 9.11. The minimum atomic E-state index is -0.678. The number of hydrogen-bond donors (Lipinski definition) is 3. The van der Waals surface area contributed by atoms with Gasteiger partial charge in [0.2, 0.25) is 5.91 Å². The summed E-state index contributed by atoms with van der Waals surface area (Å²) >= 11 is 3.44. The lowest BCUT2D eigenvalue weighted by Gasteiger charge is -2.29. The fraction of sp³-hybridized carbons (Fsp3) is 0.400. The quantitative estimate of drug-likeness (QED) is 0.140. The molecule has 6 heterocycles. The van der Waals surface area contributed by atoms with Crippen molar-refractivity contribution in [2.24, 2.45) is 5.92 Å². The normalized spacial score (nSPS) is 18.5. The van der Waals surface area contributed by atoms with Gasteiger partial charge in [0.1, 0.15) is 17.7 Å². The summed E-state index contributed by atoms with van der Waals surface area (Å²) in [4.78, 5) is 60.3. The van der Waals surface area contributed by atoms with Gasteiger partial charge in [0, 0.05) is 27.4 Å². The maximum atomic E-state index is 13.6. The van der Waals surface area contributed by atoms with Gasteiger partial charge in [-0.15, -0.1) is 22.7 Å². The van der Waals surface area contributed by atoms with Crippen LogP contribution in [0.3, 0.4) is 0 Å². The first-order valence-corrected chi connectivity index (χ1v) is 18.1. The Hall–Kier alpha value is -4.69. The Kier molecular flexibility index (Phi) is 8.92. The molecule has 7 rings (SSSR count). The average molecular weight is 702 g/mol. The van der Waals surface area contributed by atoms with Crippen LogP contribution in [-0.2, 0) is 14.3 Å². The number of hydrogen-bond acceptors (Lipinski definition) is 9. The number of aromatic nitrogens is 4. The Morgan fingerprint density at radius 3 is 2.39 bits per heavy atom. The number of aromatic amines is 2. The SMILES string of the molecule is C=C(C)OC(=O)N1CCC[C@H]1c1ncc(-c2cc3sc(-c4ccc5nc([C@@H]6CCCN6C(=O)[C@@H](NC(=O)OC)C(C)C)[nH]c5c4)cc3s2)[nH]1. The van der Waals surface area contributed by atoms with Gasteiger partial charge in [0.25, 0.3) is 0 Å². The number of carbonyl (C=O) groups excluding carboxylic acids is 3. The van der Waals surface area contributed by atoms with Crippen molar-refractivity contribution in [1.82, 2.24) is 35.1 Å². The van der Waals surface area contributed by atoms with E-state index in [9.17, 15) is 14.4 Å². The van der Waals surface area contributed by atoms with Crippen LogP contribution in [0.2, 0.25) is 0 Å². The summed E-state index contributed by atoms with van der Waals surface area (Å²) in [6.07, 6.45) is 4.21. The van der Waals surface area contributed by atoms with Crippen molar-refractivity contribution >= 4 is 61.2 Å². The number of rotatable bonds is 8. The van der Waals surface area contributed by atoms with Gasteiger partial charge in [-0.25, -0.2) is 19.6 Å². The molecule has 3 amide bonds. The number of methoxy groups -OCH3 is 1. The Bertz CT molecular complexity index is 2030. The summed E-state index contributed by atoms with van der Waals surface area (Å²) in [5, 5.41) is 2.71. The summed E-state index contributed by atoms with van der Waals surface area (Å²) in [5.41, 5.74) is 3.77. The molecule has 2 aliphatic rings. The van der Waals surface area contributed by atoms with Gasteiger partial charge in [-0.2, -0.15) is 0 Å². The fourth-order valence-electron chi connectivity index (χ4n) is 6.75. The first-order chi connectivity index (χ1) is 23.6. The third-order valence-electron chi connectivity index (χ3n) is 9.16. The van der Waals surface area contributed by atoms with Gasteiger partial charge < -0.3 is 29.7 Å². The van der Waals surface area contributed by atoms with Gasteiger partial charge in [-0.3, -0.25) is 9.69 Å². The summed E-state index contributed by atoms with van der Waals surface area (Å²) < 4.78 is 12.4. The van der Waals surface area contributed by atoms with Gasteiger partial charge >= 0.3 is 12.2 Å². The zero-order valence-electron chi connectivity index (χ0n) is 27.9. The standard InChI is InChI=1S/C35H39N7O5S2/c1-18(2)30(40-34(44)46-5)33(43)41-12-6-9-25(41)32-37-21-11-10-20(14-22(21)38-32)26-15-28-29(48-26)16-27(49-28)23-17-36-31(39-23)24-8-7-13-42(24)35(45)47-19(3)4/h10-11,14-18,24-25,30H,3,6-9,12-13H2,1-2,4-5H3,(H,36,39)(H,37,38)(H,40,44)/t24-,25-,30-/m0/s1. The predicted octanol–water partition coefficient (Wildman–Crippen LogP) is 7.75. The molecule has 3 atom stereocenters. The van der Waals surface area contributed by atoms with Gasteiger partial charge in [-0.1, -0.05) is 26.5 Å². The first-order valence-electron chi connectivity index (χ1n) is 16.5. The number of likely N-dealkylation sites (tertiary alicyclic amines) is 2. The molecule has 49 heavy (non-hydrogen) atoms. The van der Waals surface area contributed by atoms with Crippen molar-refractivity contribution in [3.8, 4) is 21.0 Å². The molecule has 0 bridgehead atoms. The molecular weight excluding hydrogens is 663 g/mol. The summed E-state index contributed by atoms with van der Waals surface area (Å²) in [6, 6.07) is 9.60. The summed E-state index contributed by atoms with van der Waals surface area (Å²) in [6.45, 7) is 10.4. The van der Waals surface area contributed by atoms with Gasteiger partial charge in [0.15, 0.2) is 0 Å². The third kappa shape index (κ3) is 6.42. The van der Waals surface area contributed by atoms with E-state index in [-0.39, 0.29) is 30.0 Å². The highest BCUT2D eigenvalue weighted by Gasteiger charge is 2.38. The highest BCUT2D eigenvalue weighted by molar-refractivity contribution is 7.31. The van der Waals surface area contributed by atoms with Crippen LogP contribution < -0.4 is 5.32 Å². The molecule has 14 heteroatoms. The van der Waals surface area contributed by atoms with E-state index in [1.807, 2.05) is 31.0 Å². The molecule has 3 N–H and O–H groups in total. The van der Waals surface area contributed by atoms with E-state index in [1.165, 1.54) is 16.5 Å². The number of carbonyl (C=O) groups is 3. The lowest BCUT2D eigenvalue weighted by atomic mass is 10.0. The Balaban J connectivity index is 1.08. The molecule has 0 saturated carbocycles.